The molecule has 1 aromatic heterocycles. The van der Waals surface area contributed by atoms with Gasteiger partial charge in [0.25, 0.3) is 0 Å². The molecule has 0 aromatic carbocycles. The van der Waals surface area contributed by atoms with Crippen LogP contribution >= 0.6 is 11.3 Å². The van der Waals surface area contributed by atoms with Gasteiger partial charge >= 0.3 is 0 Å². The highest BCUT2D eigenvalue weighted by Gasteiger charge is 2.04. The lowest BCUT2D eigenvalue weighted by Gasteiger charge is -2.10. The number of anilines is 1. The van der Waals surface area contributed by atoms with Crippen LogP contribution in [-0.4, -0.2) is 16.9 Å². The van der Waals surface area contributed by atoms with Crippen LogP contribution in [0.5, 0.6) is 0 Å². The Morgan fingerprint density at radius 2 is 2.23 bits per heavy atom. The third kappa shape index (κ3) is 4.03. The summed E-state index contributed by atoms with van der Waals surface area (Å²) in [6.45, 7) is 8.14. The van der Waals surface area contributed by atoms with E-state index in [1.54, 1.807) is 17.7 Å². The maximum absolute atomic E-state index is 4.29. The number of aryl methyl sites for hydroxylation is 1. The van der Waals surface area contributed by atoms with Gasteiger partial charge < -0.3 is 5.32 Å². The van der Waals surface area contributed by atoms with Crippen molar-refractivity contribution in [2.24, 2.45) is 4.99 Å². The Morgan fingerprint density at radius 3 is 2.69 bits per heavy atom. The van der Waals surface area contributed by atoms with Gasteiger partial charge in [-0.1, -0.05) is 0 Å². The van der Waals surface area contributed by atoms with E-state index in [4.69, 9.17) is 0 Å². The van der Waals surface area contributed by atoms with Gasteiger partial charge in [-0.05, 0) is 27.7 Å². The normalized spacial score (nSPS) is 12.3. The molecule has 0 aliphatic heterocycles. The Hall–Kier alpha value is -0.900. The van der Waals surface area contributed by atoms with Crippen molar-refractivity contribution in [1.29, 1.82) is 0 Å². The molecule has 1 rings (SSSR count). The fourth-order valence-electron chi connectivity index (χ4n) is 0.701. The van der Waals surface area contributed by atoms with Crippen molar-refractivity contribution in [3.8, 4) is 0 Å². The van der Waals surface area contributed by atoms with Crippen molar-refractivity contribution in [1.82, 2.24) is 4.98 Å². The zero-order valence-corrected chi connectivity index (χ0v) is 9.27. The van der Waals surface area contributed by atoms with Crippen LogP contribution in [0.1, 0.15) is 26.5 Å². The Labute approximate surface area is 82.9 Å². The standard InChI is InChI=1S/C9H15N3S/c1-7-5-13-8(12-7)10-6-11-9(2,3)4/h5-6H,1-4H3,(H,10,11,12). The third-order valence-electron chi connectivity index (χ3n) is 1.26. The highest BCUT2D eigenvalue weighted by molar-refractivity contribution is 7.13. The van der Waals surface area contributed by atoms with Gasteiger partial charge in [0.05, 0.1) is 17.6 Å². The molecule has 0 bridgehead atoms. The molecular formula is C9H15N3S. The number of thiazole rings is 1. The lowest BCUT2D eigenvalue weighted by Crippen LogP contribution is -2.11. The van der Waals surface area contributed by atoms with Crippen molar-refractivity contribution in [3.63, 3.8) is 0 Å². The lowest BCUT2D eigenvalue weighted by molar-refractivity contribution is 0.586. The van der Waals surface area contributed by atoms with Crippen LogP contribution in [0.3, 0.4) is 0 Å². The number of nitrogens with one attached hydrogen (secondary N) is 1. The molecule has 0 radical (unpaired) electrons. The highest BCUT2D eigenvalue weighted by Crippen LogP contribution is 2.13. The molecule has 1 N–H and O–H groups in total. The Bertz CT molecular complexity index is 296. The van der Waals surface area contributed by atoms with Gasteiger partial charge in [0.15, 0.2) is 5.13 Å². The average molecular weight is 197 g/mol. The Morgan fingerprint density at radius 1 is 1.54 bits per heavy atom. The van der Waals surface area contributed by atoms with Crippen molar-refractivity contribution in [2.45, 2.75) is 33.2 Å². The summed E-state index contributed by atoms with van der Waals surface area (Å²) in [5.41, 5.74) is 1.01. The minimum atomic E-state index is -0.0285. The van der Waals surface area contributed by atoms with Gasteiger partial charge in [0, 0.05) is 5.38 Å². The monoisotopic (exact) mass is 197 g/mol. The van der Waals surface area contributed by atoms with Crippen molar-refractivity contribution < 1.29 is 0 Å². The Balaban J connectivity index is 2.48. The molecule has 0 atom stereocenters. The van der Waals surface area contributed by atoms with Crippen LogP contribution in [0.25, 0.3) is 0 Å². The van der Waals surface area contributed by atoms with E-state index in [1.807, 2.05) is 12.3 Å². The second kappa shape index (κ2) is 3.87. The van der Waals surface area contributed by atoms with Gasteiger partial charge in [-0.15, -0.1) is 11.3 Å². The van der Waals surface area contributed by atoms with E-state index in [0.717, 1.165) is 10.8 Å². The molecule has 4 heteroatoms. The van der Waals surface area contributed by atoms with Gasteiger partial charge in [-0.3, -0.25) is 4.99 Å². The van der Waals surface area contributed by atoms with Gasteiger partial charge in [-0.25, -0.2) is 4.98 Å². The summed E-state index contributed by atoms with van der Waals surface area (Å²) in [7, 11) is 0. The largest absolute Gasteiger partial charge is 0.323 e. The first-order valence-electron chi connectivity index (χ1n) is 4.20. The first kappa shape index (κ1) is 10.2. The molecule has 1 heterocycles. The summed E-state index contributed by atoms with van der Waals surface area (Å²) in [5, 5.41) is 5.94. The highest BCUT2D eigenvalue weighted by atomic mass is 32.1. The van der Waals surface area contributed by atoms with Crippen LogP contribution in [0.2, 0.25) is 0 Å². The summed E-state index contributed by atoms with van der Waals surface area (Å²) >= 11 is 1.59. The average Bonchev–Trinajstić information content (AvgIpc) is 2.33. The van der Waals surface area contributed by atoms with E-state index in [0.29, 0.717) is 0 Å². The van der Waals surface area contributed by atoms with Gasteiger partial charge in [-0.2, -0.15) is 0 Å². The molecule has 0 aliphatic rings. The maximum atomic E-state index is 4.29. The van der Waals surface area contributed by atoms with Crippen LogP contribution < -0.4 is 5.32 Å². The van der Waals surface area contributed by atoms with E-state index in [2.05, 4.69) is 36.1 Å². The quantitative estimate of drug-likeness (QED) is 0.584. The molecule has 72 valence electrons. The molecule has 0 saturated heterocycles. The maximum Gasteiger partial charge on any atom is 0.188 e. The van der Waals surface area contributed by atoms with Crippen LogP contribution in [0.15, 0.2) is 10.4 Å². The van der Waals surface area contributed by atoms with Gasteiger partial charge in [0.2, 0.25) is 0 Å². The van der Waals surface area contributed by atoms with E-state index < -0.39 is 0 Å². The van der Waals surface area contributed by atoms with E-state index in [1.165, 1.54) is 0 Å². The molecule has 0 amide bonds. The zero-order chi connectivity index (χ0) is 9.90. The first-order valence-corrected chi connectivity index (χ1v) is 5.08. The van der Waals surface area contributed by atoms with Crippen LogP contribution in [0.4, 0.5) is 5.13 Å². The number of nitrogens with zero attached hydrogens (tertiary/aromatic N) is 2. The molecule has 3 nitrogen and oxygen atoms in total. The molecule has 0 aliphatic carbocycles. The molecular weight excluding hydrogens is 182 g/mol. The number of rotatable bonds is 2. The summed E-state index contributed by atoms with van der Waals surface area (Å²) in [5.74, 6) is 0. The number of hydrogen-bond acceptors (Lipinski definition) is 3. The summed E-state index contributed by atoms with van der Waals surface area (Å²) in [4.78, 5) is 8.54. The predicted molar refractivity (Wildman–Crippen MR) is 58.7 cm³/mol. The minimum Gasteiger partial charge on any atom is -0.323 e. The van der Waals surface area contributed by atoms with Crippen molar-refractivity contribution in [3.05, 3.63) is 11.1 Å². The predicted octanol–water partition coefficient (Wildman–Crippen LogP) is 2.69. The zero-order valence-electron chi connectivity index (χ0n) is 8.46. The van der Waals surface area contributed by atoms with Gasteiger partial charge in [0.1, 0.15) is 0 Å². The molecule has 0 fully saturated rings. The lowest BCUT2D eigenvalue weighted by atomic mass is 10.1. The Kier molecular flexibility index (Phi) is 3.03. The number of aromatic nitrogens is 1. The first-order chi connectivity index (χ1) is 5.97. The summed E-state index contributed by atoms with van der Waals surface area (Å²) < 4.78 is 0. The smallest absolute Gasteiger partial charge is 0.188 e. The minimum absolute atomic E-state index is 0.0285. The number of aliphatic imine (C=N–C) groups is 1. The second-order valence-electron chi connectivity index (χ2n) is 3.87. The second-order valence-corrected chi connectivity index (χ2v) is 4.73. The molecule has 0 spiro atoms. The topological polar surface area (TPSA) is 37.3 Å². The summed E-state index contributed by atoms with van der Waals surface area (Å²) in [6, 6.07) is 0. The molecule has 1 aromatic rings. The number of hydrogen-bond donors (Lipinski definition) is 1. The fourth-order valence-corrected chi connectivity index (χ4v) is 1.35. The fraction of sp³-hybridized carbons (Fsp3) is 0.556. The van der Waals surface area contributed by atoms with Crippen molar-refractivity contribution in [2.75, 3.05) is 5.32 Å². The molecule has 0 saturated carbocycles. The summed E-state index contributed by atoms with van der Waals surface area (Å²) in [6.07, 6.45) is 1.71. The molecule has 13 heavy (non-hydrogen) atoms. The third-order valence-corrected chi connectivity index (χ3v) is 2.15. The SMILES string of the molecule is Cc1csc(NC=NC(C)(C)C)n1. The van der Waals surface area contributed by atoms with Crippen LogP contribution in [-0.2, 0) is 0 Å². The van der Waals surface area contributed by atoms with E-state index in [9.17, 15) is 0 Å². The van der Waals surface area contributed by atoms with Crippen molar-refractivity contribution >= 4 is 22.8 Å². The van der Waals surface area contributed by atoms with Crippen LogP contribution in [0, 0.1) is 6.92 Å². The molecule has 0 unspecified atom stereocenters. The van der Waals surface area contributed by atoms with E-state index in [-0.39, 0.29) is 5.54 Å². The van der Waals surface area contributed by atoms with E-state index >= 15 is 0 Å².